The SMILES string of the molecule is CC.CC.CC/C(=C(/C)c1ccccc1O)c1ccccc1NC.CC=O. The van der Waals surface area contributed by atoms with E-state index < -0.39 is 0 Å². The second kappa shape index (κ2) is 16.9. The Bertz CT molecular complexity index is 676. The molecule has 3 nitrogen and oxygen atoms in total. The highest BCUT2D eigenvalue weighted by atomic mass is 16.3. The average molecular weight is 372 g/mol. The summed E-state index contributed by atoms with van der Waals surface area (Å²) in [6.45, 7) is 13.7. The lowest BCUT2D eigenvalue weighted by Gasteiger charge is -2.16. The van der Waals surface area contributed by atoms with Crippen LogP contribution in [0.3, 0.4) is 0 Å². The van der Waals surface area contributed by atoms with E-state index in [1.165, 1.54) is 18.1 Å². The van der Waals surface area contributed by atoms with Crippen LogP contribution in [0.15, 0.2) is 48.5 Å². The lowest BCUT2D eigenvalue weighted by Crippen LogP contribution is -1.96. The van der Waals surface area contributed by atoms with Crippen LogP contribution in [0.25, 0.3) is 11.1 Å². The summed E-state index contributed by atoms with van der Waals surface area (Å²) in [6.07, 6.45) is 1.67. The van der Waals surface area contributed by atoms with Crippen molar-refractivity contribution in [3.8, 4) is 5.75 Å². The molecule has 0 aliphatic rings. The van der Waals surface area contributed by atoms with Crippen LogP contribution in [0.4, 0.5) is 5.69 Å². The van der Waals surface area contributed by atoms with Crippen LogP contribution in [-0.4, -0.2) is 18.4 Å². The Hall–Kier alpha value is -2.55. The molecule has 0 bridgehead atoms. The van der Waals surface area contributed by atoms with E-state index in [1.807, 2.05) is 65.1 Å². The van der Waals surface area contributed by atoms with Crippen LogP contribution in [0.5, 0.6) is 5.75 Å². The number of phenols is 1. The average Bonchev–Trinajstić information content (AvgIpc) is 2.73. The lowest BCUT2D eigenvalue weighted by atomic mass is 9.92. The summed E-state index contributed by atoms with van der Waals surface area (Å²) in [5.41, 5.74) is 5.57. The molecule has 0 spiro atoms. The van der Waals surface area contributed by atoms with Gasteiger partial charge in [0.25, 0.3) is 0 Å². The number of nitrogens with one attached hydrogen (secondary N) is 1. The third-order valence-electron chi connectivity index (χ3n) is 3.64. The molecule has 0 unspecified atom stereocenters. The van der Waals surface area contributed by atoms with Gasteiger partial charge in [-0.3, -0.25) is 0 Å². The number of allylic oxidation sites excluding steroid dienone is 2. The number of anilines is 1. The molecule has 150 valence electrons. The van der Waals surface area contributed by atoms with Crippen molar-refractivity contribution in [3.05, 3.63) is 59.7 Å². The Morgan fingerprint density at radius 2 is 1.41 bits per heavy atom. The van der Waals surface area contributed by atoms with Gasteiger partial charge in [-0.05, 0) is 43.5 Å². The number of aldehydes is 1. The molecular weight excluding hydrogens is 334 g/mol. The molecule has 0 saturated carbocycles. The van der Waals surface area contributed by atoms with Gasteiger partial charge in [-0.25, -0.2) is 0 Å². The van der Waals surface area contributed by atoms with Crippen molar-refractivity contribution in [2.75, 3.05) is 12.4 Å². The zero-order valence-corrected chi connectivity index (χ0v) is 18.3. The Balaban J connectivity index is 0. The Morgan fingerprint density at radius 3 is 1.85 bits per heavy atom. The minimum absolute atomic E-state index is 0.331. The van der Waals surface area contributed by atoms with Crippen LogP contribution < -0.4 is 5.32 Å². The van der Waals surface area contributed by atoms with Crippen molar-refractivity contribution in [3.63, 3.8) is 0 Å². The zero-order valence-electron chi connectivity index (χ0n) is 18.3. The van der Waals surface area contributed by atoms with Crippen molar-refractivity contribution in [2.45, 2.75) is 54.9 Å². The number of benzene rings is 2. The molecule has 2 aromatic carbocycles. The highest BCUT2D eigenvalue weighted by Gasteiger charge is 2.11. The van der Waals surface area contributed by atoms with E-state index in [1.54, 1.807) is 6.07 Å². The number of hydrogen-bond acceptors (Lipinski definition) is 3. The van der Waals surface area contributed by atoms with Crippen LogP contribution in [-0.2, 0) is 4.79 Å². The first-order chi connectivity index (χ1) is 13.1. The molecule has 0 amide bonds. The highest BCUT2D eigenvalue weighted by molar-refractivity contribution is 5.94. The molecule has 27 heavy (non-hydrogen) atoms. The van der Waals surface area contributed by atoms with E-state index in [2.05, 4.69) is 31.3 Å². The van der Waals surface area contributed by atoms with E-state index in [-0.39, 0.29) is 0 Å². The van der Waals surface area contributed by atoms with Gasteiger partial charge in [0, 0.05) is 23.9 Å². The van der Waals surface area contributed by atoms with Gasteiger partial charge < -0.3 is 15.2 Å². The van der Waals surface area contributed by atoms with Crippen molar-refractivity contribution >= 4 is 23.1 Å². The predicted octanol–water partition coefficient (Wildman–Crippen LogP) is 7.03. The van der Waals surface area contributed by atoms with Crippen LogP contribution in [0.1, 0.15) is 66.0 Å². The van der Waals surface area contributed by atoms with Crippen LogP contribution >= 0.6 is 0 Å². The summed E-state index contributed by atoms with van der Waals surface area (Å²) in [4.78, 5) is 8.81. The van der Waals surface area contributed by atoms with Gasteiger partial charge in [-0.1, -0.05) is 71.0 Å². The van der Waals surface area contributed by atoms with Crippen LogP contribution in [0.2, 0.25) is 0 Å². The Kier molecular flexibility index (Phi) is 16.7. The number of rotatable bonds is 4. The third-order valence-corrected chi connectivity index (χ3v) is 3.64. The maximum atomic E-state index is 10.0. The van der Waals surface area contributed by atoms with E-state index in [0.717, 1.165) is 29.5 Å². The molecule has 2 rings (SSSR count). The summed E-state index contributed by atoms with van der Waals surface area (Å²) in [5.74, 6) is 0.331. The first-order valence-corrected chi connectivity index (χ1v) is 9.75. The fourth-order valence-corrected chi connectivity index (χ4v) is 2.58. The molecule has 2 N–H and O–H groups in total. The second-order valence-electron chi connectivity index (χ2n) is 5.01. The molecule has 0 aromatic heterocycles. The zero-order chi connectivity index (χ0) is 21.2. The largest absolute Gasteiger partial charge is 0.507 e. The number of hydrogen-bond donors (Lipinski definition) is 2. The van der Waals surface area contributed by atoms with E-state index in [0.29, 0.717) is 5.75 Å². The fourth-order valence-electron chi connectivity index (χ4n) is 2.58. The second-order valence-corrected chi connectivity index (χ2v) is 5.01. The number of carbonyl (C=O) groups is 1. The summed E-state index contributed by atoms with van der Waals surface area (Å²) in [6, 6.07) is 15.8. The monoisotopic (exact) mass is 371 g/mol. The molecule has 0 heterocycles. The maximum Gasteiger partial charge on any atom is 0.123 e. The molecule has 0 aliphatic heterocycles. The van der Waals surface area contributed by atoms with E-state index in [9.17, 15) is 5.11 Å². The molecule has 2 aromatic rings. The van der Waals surface area contributed by atoms with Gasteiger partial charge in [0.1, 0.15) is 12.0 Å². The first-order valence-electron chi connectivity index (χ1n) is 9.75. The molecule has 3 heteroatoms. The summed E-state index contributed by atoms with van der Waals surface area (Å²) in [5, 5.41) is 13.3. The normalized spacial score (nSPS) is 9.78. The lowest BCUT2D eigenvalue weighted by molar-refractivity contribution is -0.106. The Labute approximate surface area is 166 Å². The summed E-state index contributed by atoms with van der Waals surface area (Å²) in [7, 11) is 1.93. The van der Waals surface area contributed by atoms with Crippen LogP contribution in [0, 0.1) is 0 Å². The number of carbonyl (C=O) groups excluding carboxylic acids is 1. The van der Waals surface area contributed by atoms with Crippen molar-refractivity contribution in [2.24, 2.45) is 0 Å². The van der Waals surface area contributed by atoms with Gasteiger partial charge in [0.15, 0.2) is 0 Å². The van der Waals surface area contributed by atoms with Gasteiger partial charge in [-0.2, -0.15) is 0 Å². The van der Waals surface area contributed by atoms with E-state index >= 15 is 0 Å². The molecular formula is C24H37NO2. The smallest absolute Gasteiger partial charge is 0.123 e. The van der Waals surface area contributed by atoms with Crippen molar-refractivity contribution in [1.29, 1.82) is 0 Å². The highest BCUT2D eigenvalue weighted by Crippen LogP contribution is 2.35. The molecule has 0 saturated heterocycles. The number of aromatic hydroxyl groups is 1. The topological polar surface area (TPSA) is 49.3 Å². The minimum atomic E-state index is 0.331. The van der Waals surface area contributed by atoms with Crippen molar-refractivity contribution < 1.29 is 9.90 Å². The van der Waals surface area contributed by atoms with Gasteiger partial charge in [0.2, 0.25) is 0 Å². The van der Waals surface area contributed by atoms with E-state index in [4.69, 9.17) is 4.79 Å². The third kappa shape index (κ3) is 8.59. The minimum Gasteiger partial charge on any atom is -0.507 e. The maximum absolute atomic E-state index is 10.0. The molecule has 0 radical (unpaired) electrons. The van der Waals surface area contributed by atoms with Crippen molar-refractivity contribution in [1.82, 2.24) is 0 Å². The Morgan fingerprint density at radius 1 is 0.963 bits per heavy atom. The molecule has 0 aliphatic carbocycles. The number of para-hydroxylation sites is 2. The number of phenolic OH excluding ortho intramolecular Hbond substituents is 1. The molecule has 0 fully saturated rings. The van der Waals surface area contributed by atoms with Gasteiger partial charge in [-0.15, -0.1) is 0 Å². The quantitative estimate of drug-likeness (QED) is 0.448. The summed E-state index contributed by atoms with van der Waals surface area (Å²) >= 11 is 0. The standard InChI is InChI=1S/C18H21NO.C2H4O.2C2H6/c1-4-14(16-10-5-7-11-17(16)19-3)13(2)15-9-6-8-12-18(15)20;1-2-3;2*1-2/h5-12,19-20H,4H2,1-3H3;2H,1H3;2*1-2H3/b14-13+;;;. The predicted molar refractivity (Wildman–Crippen MR) is 121 cm³/mol. The summed E-state index contributed by atoms with van der Waals surface area (Å²) < 4.78 is 0. The fraction of sp³-hybridized carbons (Fsp3) is 0.375. The molecule has 0 atom stereocenters. The van der Waals surface area contributed by atoms with Gasteiger partial charge >= 0.3 is 0 Å². The van der Waals surface area contributed by atoms with Gasteiger partial charge in [0.05, 0.1) is 0 Å². The first kappa shape index (κ1) is 26.7.